The Bertz CT molecular complexity index is 996. The summed E-state index contributed by atoms with van der Waals surface area (Å²) in [5.74, 6) is 0. The summed E-state index contributed by atoms with van der Waals surface area (Å²) in [6.07, 6.45) is 0.960. The van der Waals surface area contributed by atoms with Crippen molar-refractivity contribution in [1.82, 2.24) is 9.38 Å². The van der Waals surface area contributed by atoms with Gasteiger partial charge in [0, 0.05) is 28.5 Å². The van der Waals surface area contributed by atoms with Gasteiger partial charge in [0.15, 0.2) is 0 Å². The van der Waals surface area contributed by atoms with Crippen LogP contribution in [0.3, 0.4) is 0 Å². The molecule has 0 bridgehead atoms. The Morgan fingerprint density at radius 2 is 2.08 bits per heavy atom. The molecular weight excluding hydrogens is 322 g/mol. The summed E-state index contributed by atoms with van der Waals surface area (Å²) in [4.78, 5) is 19.4. The zero-order valence-electron chi connectivity index (χ0n) is 13.7. The van der Waals surface area contributed by atoms with Crippen molar-refractivity contribution in [1.29, 1.82) is 0 Å². The summed E-state index contributed by atoms with van der Waals surface area (Å²) in [5.41, 5.74) is 4.78. The molecule has 122 valence electrons. The molecule has 0 aliphatic carbocycles. The normalized spacial score (nSPS) is 16.6. The fraction of sp³-hybridized carbons (Fsp3) is 0.263. The zero-order chi connectivity index (χ0) is 16.8. The number of aromatic nitrogens is 2. The van der Waals surface area contributed by atoms with Gasteiger partial charge in [-0.05, 0) is 56.2 Å². The van der Waals surface area contributed by atoms with Crippen LogP contribution in [0.15, 0.2) is 47.3 Å². The molecule has 0 amide bonds. The molecule has 0 spiro atoms. The van der Waals surface area contributed by atoms with E-state index in [1.807, 2.05) is 37.3 Å². The molecule has 0 saturated carbocycles. The van der Waals surface area contributed by atoms with Crippen LogP contribution in [0.1, 0.15) is 23.9 Å². The smallest absolute Gasteiger partial charge is 0.258 e. The molecule has 1 unspecified atom stereocenters. The van der Waals surface area contributed by atoms with E-state index in [-0.39, 0.29) is 5.56 Å². The highest BCUT2D eigenvalue weighted by Crippen LogP contribution is 2.34. The molecule has 3 aromatic rings. The summed E-state index contributed by atoms with van der Waals surface area (Å²) in [5, 5.41) is 0.764. The summed E-state index contributed by atoms with van der Waals surface area (Å²) in [6, 6.07) is 13.7. The summed E-state index contributed by atoms with van der Waals surface area (Å²) in [7, 11) is 0. The molecule has 2 aromatic heterocycles. The fourth-order valence-corrected chi connectivity index (χ4v) is 3.72. The molecule has 1 aliphatic heterocycles. The summed E-state index contributed by atoms with van der Waals surface area (Å²) in [6.45, 7) is 4.72. The van der Waals surface area contributed by atoms with Gasteiger partial charge in [0.2, 0.25) is 0 Å². The van der Waals surface area contributed by atoms with Gasteiger partial charge in [0.1, 0.15) is 5.65 Å². The molecule has 1 aromatic carbocycles. The van der Waals surface area contributed by atoms with Crippen molar-refractivity contribution in [3.8, 4) is 0 Å². The molecule has 5 heteroatoms. The van der Waals surface area contributed by atoms with Gasteiger partial charge in [-0.3, -0.25) is 9.20 Å². The topological polar surface area (TPSA) is 37.6 Å². The van der Waals surface area contributed by atoms with E-state index in [1.165, 1.54) is 11.3 Å². The van der Waals surface area contributed by atoms with Crippen LogP contribution >= 0.6 is 11.6 Å². The number of fused-ring (bicyclic) bond motifs is 2. The van der Waals surface area contributed by atoms with Crippen LogP contribution in [0.5, 0.6) is 0 Å². The lowest BCUT2D eigenvalue weighted by Gasteiger charge is -2.24. The van der Waals surface area contributed by atoms with Crippen molar-refractivity contribution in [2.24, 2.45) is 0 Å². The number of rotatable bonds is 2. The summed E-state index contributed by atoms with van der Waals surface area (Å²) >= 11 is 6.10. The standard InChI is InChI=1S/C19H18ClN3O/c1-12-4-3-5-18-21-16(10-19(24)23(12)18)11-22-13(2)8-14-9-15(20)6-7-17(14)22/h3-7,9-10,13H,8,11H2,1-2H3. The van der Waals surface area contributed by atoms with Gasteiger partial charge in [-0.1, -0.05) is 17.7 Å². The Balaban J connectivity index is 1.74. The van der Waals surface area contributed by atoms with Crippen LogP contribution in [-0.2, 0) is 13.0 Å². The largest absolute Gasteiger partial charge is 0.362 e. The Morgan fingerprint density at radius 1 is 1.25 bits per heavy atom. The minimum absolute atomic E-state index is 0.0312. The molecule has 0 saturated heterocycles. The van der Waals surface area contributed by atoms with Crippen molar-refractivity contribution in [3.63, 3.8) is 0 Å². The molecule has 4 nitrogen and oxygen atoms in total. The van der Waals surface area contributed by atoms with Crippen LogP contribution in [0.25, 0.3) is 5.65 Å². The zero-order valence-corrected chi connectivity index (χ0v) is 14.4. The van der Waals surface area contributed by atoms with Crippen molar-refractivity contribution in [2.75, 3.05) is 4.90 Å². The van der Waals surface area contributed by atoms with Gasteiger partial charge in [-0.25, -0.2) is 4.98 Å². The average Bonchev–Trinajstić information content (AvgIpc) is 2.82. The Hall–Kier alpha value is -2.33. The van der Waals surface area contributed by atoms with E-state index in [0.717, 1.165) is 22.8 Å². The second-order valence-corrected chi connectivity index (χ2v) is 6.84. The number of benzene rings is 1. The second kappa shape index (κ2) is 5.64. The van der Waals surface area contributed by atoms with Gasteiger partial charge in [0.25, 0.3) is 5.56 Å². The van der Waals surface area contributed by atoms with Crippen molar-refractivity contribution in [3.05, 3.63) is 74.8 Å². The van der Waals surface area contributed by atoms with Gasteiger partial charge in [-0.15, -0.1) is 0 Å². The van der Waals surface area contributed by atoms with Crippen LogP contribution in [0, 0.1) is 6.92 Å². The predicted molar refractivity (Wildman–Crippen MR) is 97.0 cm³/mol. The number of hydrogen-bond acceptors (Lipinski definition) is 3. The van der Waals surface area contributed by atoms with E-state index in [4.69, 9.17) is 11.6 Å². The number of pyridine rings is 1. The molecule has 1 aliphatic rings. The van der Waals surface area contributed by atoms with Gasteiger partial charge in [-0.2, -0.15) is 0 Å². The number of hydrogen-bond donors (Lipinski definition) is 0. The second-order valence-electron chi connectivity index (χ2n) is 6.40. The maximum absolute atomic E-state index is 12.5. The highest BCUT2D eigenvalue weighted by atomic mass is 35.5. The minimum atomic E-state index is -0.0312. The highest BCUT2D eigenvalue weighted by Gasteiger charge is 2.26. The SMILES string of the molecule is Cc1cccc2nc(CN3c4ccc(Cl)cc4CC3C)cc(=O)n12. The molecule has 3 heterocycles. The monoisotopic (exact) mass is 339 g/mol. The first-order chi connectivity index (χ1) is 11.5. The minimum Gasteiger partial charge on any atom is -0.362 e. The number of aryl methyl sites for hydroxylation is 1. The van der Waals surface area contributed by atoms with Crippen LogP contribution in [0.2, 0.25) is 5.02 Å². The third-order valence-electron chi connectivity index (χ3n) is 4.66. The lowest BCUT2D eigenvalue weighted by molar-refractivity contribution is 0.664. The first-order valence-corrected chi connectivity index (χ1v) is 8.44. The lowest BCUT2D eigenvalue weighted by atomic mass is 10.1. The maximum Gasteiger partial charge on any atom is 0.258 e. The van der Waals surface area contributed by atoms with E-state index in [9.17, 15) is 4.79 Å². The molecule has 0 N–H and O–H groups in total. The third kappa shape index (κ3) is 2.47. The van der Waals surface area contributed by atoms with E-state index >= 15 is 0 Å². The predicted octanol–water partition coefficient (Wildman–Crippen LogP) is 3.61. The Kier molecular flexibility index (Phi) is 3.57. The lowest BCUT2D eigenvalue weighted by Crippen LogP contribution is -2.30. The van der Waals surface area contributed by atoms with E-state index in [0.29, 0.717) is 18.2 Å². The van der Waals surface area contributed by atoms with E-state index < -0.39 is 0 Å². The first kappa shape index (κ1) is 15.2. The van der Waals surface area contributed by atoms with Gasteiger partial charge >= 0.3 is 0 Å². The fourth-order valence-electron chi connectivity index (χ4n) is 3.52. The van der Waals surface area contributed by atoms with Gasteiger partial charge in [0.05, 0.1) is 12.2 Å². The maximum atomic E-state index is 12.5. The van der Waals surface area contributed by atoms with E-state index in [1.54, 1.807) is 10.5 Å². The van der Waals surface area contributed by atoms with Crippen LogP contribution in [-0.4, -0.2) is 15.4 Å². The highest BCUT2D eigenvalue weighted by molar-refractivity contribution is 6.30. The van der Waals surface area contributed by atoms with Crippen molar-refractivity contribution < 1.29 is 0 Å². The molecule has 0 radical (unpaired) electrons. The Morgan fingerprint density at radius 3 is 2.92 bits per heavy atom. The Labute approximate surface area is 145 Å². The summed E-state index contributed by atoms with van der Waals surface area (Å²) < 4.78 is 1.64. The van der Waals surface area contributed by atoms with Crippen LogP contribution in [0.4, 0.5) is 5.69 Å². The average molecular weight is 340 g/mol. The van der Waals surface area contributed by atoms with Crippen molar-refractivity contribution >= 4 is 22.9 Å². The quantitative estimate of drug-likeness (QED) is 0.716. The molecular formula is C19H18ClN3O. The number of anilines is 1. The molecule has 0 fully saturated rings. The van der Waals surface area contributed by atoms with Crippen molar-refractivity contribution in [2.45, 2.75) is 32.9 Å². The van der Waals surface area contributed by atoms with Gasteiger partial charge < -0.3 is 4.90 Å². The number of halogens is 1. The molecule has 4 rings (SSSR count). The van der Waals surface area contributed by atoms with Crippen LogP contribution < -0.4 is 10.5 Å². The number of nitrogens with zero attached hydrogens (tertiary/aromatic N) is 3. The third-order valence-corrected chi connectivity index (χ3v) is 4.90. The molecule has 1 atom stereocenters. The van der Waals surface area contributed by atoms with E-state index in [2.05, 4.69) is 22.9 Å². The first-order valence-electron chi connectivity index (χ1n) is 8.06. The molecule has 24 heavy (non-hydrogen) atoms.